The zero-order chi connectivity index (χ0) is 19.0. The molecule has 1 unspecified atom stereocenters. The van der Waals surface area contributed by atoms with Crippen LogP contribution in [-0.2, 0) is 10.0 Å². The number of benzene rings is 1. The molecule has 0 N–H and O–H groups in total. The SMILES string of the molecule is Cc1cc(F)ccc1S(=O)(=O)N1CCC(COc2ccc(C3CC3)nn2)C1. The first-order valence-electron chi connectivity index (χ1n) is 9.16. The number of aryl methyl sites for hydroxylation is 1. The Morgan fingerprint density at radius 1 is 1.19 bits per heavy atom. The first kappa shape index (κ1) is 18.3. The summed E-state index contributed by atoms with van der Waals surface area (Å²) in [4.78, 5) is 0.159. The van der Waals surface area contributed by atoms with Crippen molar-refractivity contribution in [2.24, 2.45) is 5.92 Å². The van der Waals surface area contributed by atoms with Gasteiger partial charge in [0, 0.05) is 31.0 Å². The maximum atomic E-state index is 13.3. The van der Waals surface area contributed by atoms with E-state index >= 15 is 0 Å². The van der Waals surface area contributed by atoms with Crippen molar-refractivity contribution in [2.45, 2.75) is 37.0 Å². The molecule has 0 amide bonds. The number of aromatic nitrogens is 2. The Kier molecular flexibility index (Phi) is 4.86. The highest BCUT2D eigenvalue weighted by atomic mass is 32.2. The number of hydrogen-bond acceptors (Lipinski definition) is 5. The van der Waals surface area contributed by atoms with Crippen LogP contribution >= 0.6 is 0 Å². The van der Waals surface area contributed by atoms with E-state index < -0.39 is 15.8 Å². The summed E-state index contributed by atoms with van der Waals surface area (Å²) in [5.74, 6) is 0.670. The van der Waals surface area contributed by atoms with E-state index in [4.69, 9.17) is 4.74 Å². The maximum absolute atomic E-state index is 13.3. The van der Waals surface area contributed by atoms with Gasteiger partial charge in [0.15, 0.2) is 0 Å². The maximum Gasteiger partial charge on any atom is 0.243 e. The summed E-state index contributed by atoms with van der Waals surface area (Å²) < 4.78 is 46.1. The molecule has 0 spiro atoms. The van der Waals surface area contributed by atoms with Crippen molar-refractivity contribution < 1.29 is 17.5 Å². The van der Waals surface area contributed by atoms with Crippen molar-refractivity contribution in [2.75, 3.05) is 19.7 Å². The monoisotopic (exact) mass is 391 g/mol. The smallest absolute Gasteiger partial charge is 0.243 e. The van der Waals surface area contributed by atoms with E-state index in [1.54, 1.807) is 6.92 Å². The molecule has 2 aromatic rings. The van der Waals surface area contributed by atoms with Crippen molar-refractivity contribution in [3.8, 4) is 5.88 Å². The van der Waals surface area contributed by atoms with Gasteiger partial charge in [-0.1, -0.05) is 0 Å². The molecule has 1 saturated heterocycles. The molecule has 2 aliphatic rings. The van der Waals surface area contributed by atoms with Gasteiger partial charge in [0.2, 0.25) is 15.9 Å². The fraction of sp³-hybridized carbons (Fsp3) is 0.474. The van der Waals surface area contributed by atoms with Crippen LogP contribution in [0.25, 0.3) is 0 Å². The number of ether oxygens (including phenoxy) is 1. The molecule has 0 radical (unpaired) electrons. The van der Waals surface area contributed by atoms with E-state index in [-0.39, 0.29) is 10.8 Å². The molecular formula is C19H22FN3O3S. The summed E-state index contributed by atoms with van der Waals surface area (Å²) in [6, 6.07) is 7.53. The van der Waals surface area contributed by atoms with Gasteiger partial charge in [-0.05, 0) is 56.0 Å². The highest BCUT2D eigenvalue weighted by molar-refractivity contribution is 7.89. The van der Waals surface area contributed by atoms with Gasteiger partial charge in [0.1, 0.15) is 5.82 Å². The zero-order valence-corrected chi connectivity index (χ0v) is 16.0. The Bertz CT molecular complexity index is 930. The Hall–Kier alpha value is -2.06. The second kappa shape index (κ2) is 7.16. The Balaban J connectivity index is 1.36. The Morgan fingerprint density at radius 3 is 2.67 bits per heavy atom. The second-order valence-electron chi connectivity index (χ2n) is 7.31. The van der Waals surface area contributed by atoms with Gasteiger partial charge in [0.25, 0.3) is 0 Å². The molecule has 27 heavy (non-hydrogen) atoms. The number of nitrogens with zero attached hydrogens (tertiary/aromatic N) is 3. The molecule has 0 bridgehead atoms. The highest BCUT2D eigenvalue weighted by Crippen LogP contribution is 2.38. The van der Waals surface area contributed by atoms with Crippen LogP contribution in [0.5, 0.6) is 5.88 Å². The minimum Gasteiger partial charge on any atom is -0.476 e. The number of hydrogen-bond donors (Lipinski definition) is 0. The summed E-state index contributed by atoms with van der Waals surface area (Å²) >= 11 is 0. The Labute approximate surface area is 158 Å². The van der Waals surface area contributed by atoms with Crippen molar-refractivity contribution in [1.29, 1.82) is 0 Å². The molecule has 1 aromatic heterocycles. The van der Waals surface area contributed by atoms with Crippen molar-refractivity contribution in [3.63, 3.8) is 0 Å². The van der Waals surface area contributed by atoms with Gasteiger partial charge >= 0.3 is 0 Å². The second-order valence-corrected chi connectivity index (χ2v) is 9.22. The van der Waals surface area contributed by atoms with Gasteiger partial charge in [-0.15, -0.1) is 5.10 Å². The third-order valence-corrected chi connectivity index (χ3v) is 7.15. The van der Waals surface area contributed by atoms with Gasteiger partial charge < -0.3 is 4.74 Å². The molecule has 1 aliphatic heterocycles. The lowest BCUT2D eigenvalue weighted by Gasteiger charge is -2.18. The zero-order valence-electron chi connectivity index (χ0n) is 15.1. The summed E-state index contributed by atoms with van der Waals surface area (Å²) in [7, 11) is -3.63. The lowest BCUT2D eigenvalue weighted by molar-refractivity contribution is 0.243. The summed E-state index contributed by atoms with van der Waals surface area (Å²) in [5, 5.41) is 8.28. The first-order chi connectivity index (χ1) is 12.9. The molecule has 1 saturated carbocycles. The van der Waals surface area contributed by atoms with Crippen molar-refractivity contribution in [1.82, 2.24) is 14.5 Å². The lowest BCUT2D eigenvalue weighted by atomic mass is 10.1. The molecule has 4 rings (SSSR count). The molecule has 8 heteroatoms. The van der Waals surface area contributed by atoms with Crippen LogP contribution in [0.15, 0.2) is 35.2 Å². The Morgan fingerprint density at radius 2 is 2.00 bits per heavy atom. The first-order valence-corrected chi connectivity index (χ1v) is 10.6. The molecule has 6 nitrogen and oxygen atoms in total. The average molecular weight is 391 g/mol. The van der Waals surface area contributed by atoms with E-state index in [9.17, 15) is 12.8 Å². The number of halogens is 1. The largest absolute Gasteiger partial charge is 0.476 e. The third kappa shape index (κ3) is 3.96. The van der Waals surface area contributed by atoms with Crippen molar-refractivity contribution >= 4 is 10.0 Å². The van der Waals surface area contributed by atoms with Gasteiger partial charge in [-0.2, -0.15) is 9.40 Å². The van der Waals surface area contributed by atoms with E-state index in [0.29, 0.717) is 43.5 Å². The average Bonchev–Trinajstić information content (AvgIpc) is 3.37. The summed E-state index contributed by atoms with van der Waals surface area (Å²) in [5.41, 5.74) is 1.43. The highest BCUT2D eigenvalue weighted by Gasteiger charge is 2.34. The van der Waals surface area contributed by atoms with Crippen LogP contribution < -0.4 is 4.74 Å². The van der Waals surface area contributed by atoms with E-state index in [0.717, 1.165) is 5.69 Å². The topological polar surface area (TPSA) is 72.4 Å². The van der Waals surface area contributed by atoms with Gasteiger partial charge in [0.05, 0.1) is 17.2 Å². The predicted octanol–water partition coefficient (Wildman–Crippen LogP) is 2.89. The van der Waals surface area contributed by atoms with Crippen LogP contribution in [0.1, 0.15) is 36.4 Å². The van der Waals surface area contributed by atoms with Crippen LogP contribution in [0.3, 0.4) is 0 Å². The van der Waals surface area contributed by atoms with Crippen LogP contribution in [0.4, 0.5) is 4.39 Å². The van der Waals surface area contributed by atoms with Crippen LogP contribution in [0, 0.1) is 18.7 Å². The normalized spacial score (nSPS) is 20.7. The summed E-state index contributed by atoms with van der Waals surface area (Å²) in [6.07, 6.45) is 3.07. The fourth-order valence-electron chi connectivity index (χ4n) is 3.40. The lowest BCUT2D eigenvalue weighted by Crippen LogP contribution is -2.30. The minimum atomic E-state index is -3.63. The number of sulfonamides is 1. The molecule has 1 aromatic carbocycles. The van der Waals surface area contributed by atoms with Gasteiger partial charge in [-0.3, -0.25) is 0 Å². The quantitative estimate of drug-likeness (QED) is 0.757. The van der Waals surface area contributed by atoms with Gasteiger partial charge in [-0.25, -0.2) is 12.8 Å². The molecule has 2 fully saturated rings. The summed E-state index contributed by atoms with van der Waals surface area (Å²) in [6.45, 7) is 2.81. The van der Waals surface area contributed by atoms with E-state index in [1.165, 1.54) is 35.3 Å². The van der Waals surface area contributed by atoms with E-state index in [1.807, 2.05) is 12.1 Å². The van der Waals surface area contributed by atoms with Crippen molar-refractivity contribution in [3.05, 3.63) is 47.4 Å². The van der Waals surface area contributed by atoms with Crippen LogP contribution in [0.2, 0.25) is 0 Å². The minimum absolute atomic E-state index is 0.0884. The molecular weight excluding hydrogens is 369 g/mol. The third-order valence-electron chi connectivity index (χ3n) is 5.13. The molecule has 144 valence electrons. The molecule has 1 aliphatic carbocycles. The molecule has 1 atom stereocenters. The number of rotatable bonds is 6. The molecule has 2 heterocycles. The predicted molar refractivity (Wildman–Crippen MR) is 97.5 cm³/mol. The van der Waals surface area contributed by atoms with E-state index in [2.05, 4.69) is 10.2 Å². The fourth-order valence-corrected chi connectivity index (χ4v) is 5.14. The standard InChI is InChI=1S/C19H22FN3O3S/c1-13-10-16(20)4-6-18(13)27(24,25)23-9-8-14(11-23)12-26-19-7-5-17(21-22-19)15-2-3-15/h4-7,10,14-15H,2-3,8-9,11-12H2,1H3. The van der Waals surface area contributed by atoms with Crippen LogP contribution in [-0.4, -0.2) is 42.6 Å².